The van der Waals surface area contributed by atoms with Crippen molar-refractivity contribution in [3.05, 3.63) is 0 Å². The Morgan fingerprint density at radius 3 is 1.20 bits per heavy atom. The van der Waals surface area contributed by atoms with Gasteiger partial charge >= 0.3 is 13.9 Å². The minimum Gasteiger partial charge on any atom is -0.352 e. The van der Waals surface area contributed by atoms with Gasteiger partial charge in [0, 0.05) is 37.7 Å². The van der Waals surface area contributed by atoms with Gasteiger partial charge in [-0.05, 0) is 0 Å². The average molecular weight is 198 g/mol. The molecule has 0 unspecified atom stereocenters. The first-order chi connectivity index (χ1) is 3.73. The molecule has 0 aliphatic heterocycles. The Kier molecular flexibility index (Phi) is 13.1. The first kappa shape index (κ1) is 16.9. The van der Waals surface area contributed by atoms with Gasteiger partial charge in [0.1, 0.15) is 0 Å². The molecule has 0 aromatic rings. The number of rotatable bonds is 0. The van der Waals surface area contributed by atoms with Crippen LogP contribution >= 0.6 is 7.82 Å². The van der Waals surface area contributed by atoms with Gasteiger partial charge in [0.2, 0.25) is 0 Å². The monoisotopic (exact) mass is 198 g/mol. The Balaban J connectivity index is -0.0000000910. The summed E-state index contributed by atoms with van der Waals surface area (Å²) >= 11 is 0. The van der Waals surface area contributed by atoms with Crippen LogP contribution in [0.2, 0.25) is 0 Å². The Bertz CT molecular complexity index is 119. The first-order valence-corrected chi connectivity index (χ1v) is 3.13. The SMILES string of the molecule is NC(N)=O.O=P(O)(O)O.[Ca]. The molecule has 0 aromatic heterocycles. The summed E-state index contributed by atoms with van der Waals surface area (Å²) in [4.78, 5) is 30.6. The van der Waals surface area contributed by atoms with E-state index in [1.54, 1.807) is 0 Å². The third kappa shape index (κ3) is 1230. The summed E-state index contributed by atoms with van der Waals surface area (Å²) in [5, 5.41) is 0. The quantitative estimate of drug-likeness (QED) is 0.219. The minimum absolute atomic E-state index is 0. The number of urea groups is 1. The van der Waals surface area contributed by atoms with Crippen molar-refractivity contribution in [2.24, 2.45) is 11.5 Å². The van der Waals surface area contributed by atoms with Crippen molar-refractivity contribution in [3.63, 3.8) is 0 Å². The Labute approximate surface area is 86.6 Å². The molecule has 0 saturated heterocycles. The molecule has 0 bridgehead atoms. The van der Waals surface area contributed by atoms with E-state index >= 15 is 0 Å². The summed E-state index contributed by atoms with van der Waals surface area (Å²) < 4.78 is 8.88. The zero-order valence-electron chi connectivity index (χ0n) is 4.97. The molecule has 0 aromatic carbocycles. The van der Waals surface area contributed by atoms with E-state index in [0.29, 0.717) is 0 Å². The Morgan fingerprint density at radius 2 is 1.20 bits per heavy atom. The van der Waals surface area contributed by atoms with E-state index in [1.807, 2.05) is 0 Å². The van der Waals surface area contributed by atoms with E-state index in [9.17, 15) is 0 Å². The number of primary amides is 2. The van der Waals surface area contributed by atoms with Crippen molar-refractivity contribution in [3.8, 4) is 0 Å². The van der Waals surface area contributed by atoms with Crippen LogP contribution < -0.4 is 11.5 Å². The van der Waals surface area contributed by atoms with Crippen LogP contribution in [-0.4, -0.2) is 58.4 Å². The zero-order valence-corrected chi connectivity index (χ0v) is 8.07. The van der Waals surface area contributed by atoms with E-state index in [2.05, 4.69) is 11.5 Å². The van der Waals surface area contributed by atoms with Gasteiger partial charge in [0.25, 0.3) is 0 Å². The van der Waals surface area contributed by atoms with Crippen LogP contribution in [-0.2, 0) is 4.57 Å². The van der Waals surface area contributed by atoms with Gasteiger partial charge < -0.3 is 26.1 Å². The fourth-order valence-corrected chi connectivity index (χ4v) is 0. The largest absolute Gasteiger partial charge is 0.466 e. The molecular formula is CH7CaN2O5P. The van der Waals surface area contributed by atoms with Crippen molar-refractivity contribution in [2.75, 3.05) is 0 Å². The van der Waals surface area contributed by atoms with Gasteiger partial charge in [-0.3, -0.25) is 0 Å². The van der Waals surface area contributed by atoms with Crippen LogP contribution in [0.5, 0.6) is 0 Å². The summed E-state index contributed by atoms with van der Waals surface area (Å²) in [7, 11) is -4.64. The molecule has 7 N–H and O–H groups in total. The molecule has 7 nitrogen and oxygen atoms in total. The maximum atomic E-state index is 9.00. The predicted octanol–water partition coefficient (Wildman–Crippen LogP) is -2.29. The van der Waals surface area contributed by atoms with Gasteiger partial charge in [0.15, 0.2) is 0 Å². The molecule has 0 saturated carbocycles. The summed E-state index contributed by atoms with van der Waals surface area (Å²) in [6.45, 7) is 0. The fourth-order valence-electron chi connectivity index (χ4n) is 0. The molecule has 10 heavy (non-hydrogen) atoms. The molecule has 0 heterocycles. The number of hydrogen-bond donors (Lipinski definition) is 5. The van der Waals surface area contributed by atoms with E-state index in [0.717, 1.165) is 0 Å². The smallest absolute Gasteiger partial charge is 0.352 e. The number of carbonyl (C=O) groups is 1. The van der Waals surface area contributed by atoms with Gasteiger partial charge in [-0.2, -0.15) is 0 Å². The van der Waals surface area contributed by atoms with Crippen molar-refractivity contribution in [2.45, 2.75) is 0 Å². The number of nitrogens with two attached hydrogens (primary N) is 2. The van der Waals surface area contributed by atoms with E-state index < -0.39 is 13.9 Å². The zero-order chi connectivity index (χ0) is 8.08. The second-order valence-electron chi connectivity index (χ2n) is 0.916. The molecule has 0 atom stereocenters. The summed E-state index contributed by atoms with van der Waals surface area (Å²) in [5.41, 5.74) is 8.50. The standard InChI is InChI=1S/CH4N2O.Ca.H3O4P/c2-1(3)4;;1-5(2,3)4/h(H4,2,3,4);;(H3,1,2,3,4). The molecule has 0 fully saturated rings. The number of carbonyl (C=O) groups excluding carboxylic acids is 1. The van der Waals surface area contributed by atoms with E-state index in [4.69, 9.17) is 24.0 Å². The fraction of sp³-hybridized carbons (Fsp3) is 0. The van der Waals surface area contributed by atoms with Gasteiger partial charge in [-0.15, -0.1) is 0 Å². The van der Waals surface area contributed by atoms with E-state index in [-0.39, 0.29) is 37.7 Å². The molecule has 58 valence electrons. The summed E-state index contributed by atoms with van der Waals surface area (Å²) in [6.07, 6.45) is 0. The Morgan fingerprint density at radius 1 is 1.20 bits per heavy atom. The molecular weight excluding hydrogens is 191 g/mol. The molecule has 0 spiro atoms. The van der Waals surface area contributed by atoms with Gasteiger partial charge in [-0.1, -0.05) is 0 Å². The molecule has 0 aliphatic carbocycles. The summed E-state index contributed by atoms with van der Waals surface area (Å²) in [5.74, 6) is 0. The normalized spacial score (nSPS) is 8.30. The maximum absolute atomic E-state index is 9.00. The number of hydrogen-bond acceptors (Lipinski definition) is 2. The van der Waals surface area contributed by atoms with Crippen LogP contribution in [0.3, 0.4) is 0 Å². The second-order valence-corrected chi connectivity index (χ2v) is 1.94. The van der Waals surface area contributed by atoms with Crippen molar-refractivity contribution >= 4 is 51.6 Å². The van der Waals surface area contributed by atoms with Crippen molar-refractivity contribution in [1.29, 1.82) is 0 Å². The third-order valence-electron chi connectivity index (χ3n) is 0. The second kappa shape index (κ2) is 7.74. The minimum atomic E-state index is -4.64. The van der Waals surface area contributed by atoms with Crippen LogP contribution in [0, 0.1) is 0 Å². The molecule has 2 radical (unpaired) electrons. The number of phosphoric acid groups is 1. The molecule has 0 aliphatic rings. The Hall–Kier alpha value is 0.640. The first-order valence-electron chi connectivity index (χ1n) is 1.56. The van der Waals surface area contributed by atoms with Crippen LogP contribution in [0.1, 0.15) is 0 Å². The van der Waals surface area contributed by atoms with Crippen molar-refractivity contribution in [1.82, 2.24) is 0 Å². The maximum Gasteiger partial charge on any atom is 0.466 e. The third-order valence-corrected chi connectivity index (χ3v) is 0. The van der Waals surface area contributed by atoms with Crippen molar-refractivity contribution < 1.29 is 24.0 Å². The molecule has 9 heteroatoms. The van der Waals surface area contributed by atoms with Crippen LogP contribution in [0.25, 0.3) is 0 Å². The average Bonchev–Trinajstić information content (AvgIpc) is 1.19. The topological polar surface area (TPSA) is 147 Å². The number of amides is 2. The van der Waals surface area contributed by atoms with Gasteiger partial charge in [-0.25, -0.2) is 9.36 Å². The van der Waals surface area contributed by atoms with E-state index in [1.165, 1.54) is 0 Å². The molecule has 2 amide bonds. The van der Waals surface area contributed by atoms with Gasteiger partial charge in [0.05, 0.1) is 0 Å². The van der Waals surface area contributed by atoms with Crippen LogP contribution in [0.4, 0.5) is 4.79 Å². The predicted molar refractivity (Wildman–Crippen MR) is 33.8 cm³/mol. The van der Waals surface area contributed by atoms with Crippen LogP contribution in [0.15, 0.2) is 0 Å². The summed E-state index contributed by atoms with van der Waals surface area (Å²) in [6, 6.07) is -0.833. The molecule has 0 rings (SSSR count).